The van der Waals surface area contributed by atoms with Crippen LogP contribution in [0.25, 0.3) is 11.0 Å². The van der Waals surface area contributed by atoms with Crippen LogP contribution < -0.4 is 16.6 Å². The number of nitrogens with one attached hydrogen (secondary N) is 1. The summed E-state index contributed by atoms with van der Waals surface area (Å²) in [6.07, 6.45) is 1.80. The fourth-order valence-corrected chi connectivity index (χ4v) is 2.29. The lowest BCUT2D eigenvalue weighted by Gasteiger charge is -2.16. The van der Waals surface area contributed by atoms with Crippen molar-refractivity contribution in [1.82, 2.24) is 14.1 Å². The van der Waals surface area contributed by atoms with E-state index in [1.807, 2.05) is 6.92 Å². The van der Waals surface area contributed by atoms with Crippen molar-refractivity contribution in [2.45, 2.75) is 26.4 Å². The SMILES string of the molecule is CCc1cnc2c(c1NCC(C)O)c(=O)n(C)c(=O)n2C. The summed E-state index contributed by atoms with van der Waals surface area (Å²) in [6.45, 7) is 3.94. The van der Waals surface area contributed by atoms with Crippen LogP contribution in [-0.4, -0.2) is 31.9 Å². The van der Waals surface area contributed by atoms with Crippen molar-refractivity contribution < 1.29 is 5.11 Å². The van der Waals surface area contributed by atoms with Crippen LogP contribution in [0.4, 0.5) is 5.69 Å². The van der Waals surface area contributed by atoms with Gasteiger partial charge in [0.1, 0.15) is 5.39 Å². The molecule has 2 aromatic heterocycles. The van der Waals surface area contributed by atoms with Gasteiger partial charge in [-0.2, -0.15) is 0 Å². The first-order valence-electron chi connectivity index (χ1n) is 6.88. The minimum Gasteiger partial charge on any atom is -0.392 e. The average Bonchev–Trinajstić information content (AvgIpc) is 2.47. The Morgan fingerprint density at radius 3 is 2.57 bits per heavy atom. The van der Waals surface area contributed by atoms with Crippen LogP contribution in [0.1, 0.15) is 19.4 Å². The van der Waals surface area contributed by atoms with Gasteiger partial charge in [-0.15, -0.1) is 0 Å². The van der Waals surface area contributed by atoms with E-state index in [1.165, 1.54) is 11.6 Å². The standard InChI is InChI=1S/C14H20N4O3/c1-5-9-7-16-12-10(11(9)15-6-8(2)19)13(20)18(4)14(21)17(12)3/h7-8,19H,5-6H2,1-4H3,(H,15,16). The number of hydrogen-bond acceptors (Lipinski definition) is 5. The Hall–Kier alpha value is -2.15. The molecule has 7 heteroatoms. The van der Waals surface area contributed by atoms with Gasteiger partial charge in [0, 0.05) is 26.8 Å². The zero-order valence-corrected chi connectivity index (χ0v) is 12.7. The van der Waals surface area contributed by atoms with E-state index in [2.05, 4.69) is 10.3 Å². The Kier molecular flexibility index (Phi) is 4.13. The third-order valence-corrected chi connectivity index (χ3v) is 3.50. The van der Waals surface area contributed by atoms with Gasteiger partial charge in [0.05, 0.1) is 11.8 Å². The molecule has 0 saturated heterocycles. The van der Waals surface area contributed by atoms with Crippen molar-refractivity contribution in [2.75, 3.05) is 11.9 Å². The number of nitrogens with zero attached hydrogens (tertiary/aromatic N) is 3. The second kappa shape index (κ2) is 5.69. The summed E-state index contributed by atoms with van der Waals surface area (Å²) < 4.78 is 2.42. The summed E-state index contributed by atoms with van der Waals surface area (Å²) in [7, 11) is 3.03. The van der Waals surface area contributed by atoms with Gasteiger partial charge < -0.3 is 10.4 Å². The molecule has 1 atom stereocenters. The molecule has 21 heavy (non-hydrogen) atoms. The maximum Gasteiger partial charge on any atom is 0.332 e. The molecular formula is C14H20N4O3. The van der Waals surface area contributed by atoms with E-state index in [9.17, 15) is 14.7 Å². The predicted molar refractivity (Wildman–Crippen MR) is 81.8 cm³/mol. The quantitative estimate of drug-likeness (QED) is 0.827. The molecule has 2 heterocycles. The number of hydrogen-bond donors (Lipinski definition) is 2. The van der Waals surface area contributed by atoms with Gasteiger partial charge in [0.2, 0.25) is 0 Å². The molecule has 0 aliphatic carbocycles. The minimum atomic E-state index is -0.547. The molecule has 0 spiro atoms. The van der Waals surface area contributed by atoms with Crippen molar-refractivity contribution >= 4 is 16.7 Å². The van der Waals surface area contributed by atoms with Crippen molar-refractivity contribution in [1.29, 1.82) is 0 Å². The normalized spacial score (nSPS) is 12.6. The monoisotopic (exact) mass is 292 g/mol. The summed E-state index contributed by atoms with van der Waals surface area (Å²) >= 11 is 0. The molecule has 2 N–H and O–H groups in total. The van der Waals surface area contributed by atoms with Gasteiger partial charge in [0.25, 0.3) is 5.56 Å². The van der Waals surface area contributed by atoms with Crippen LogP contribution in [0.2, 0.25) is 0 Å². The van der Waals surface area contributed by atoms with E-state index in [1.54, 1.807) is 20.2 Å². The Morgan fingerprint density at radius 1 is 1.33 bits per heavy atom. The zero-order valence-electron chi connectivity index (χ0n) is 12.7. The number of aliphatic hydroxyl groups is 1. The summed E-state index contributed by atoms with van der Waals surface area (Å²) in [6, 6.07) is 0. The highest BCUT2D eigenvalue weighted by atomic mass is 16.3. The van der Waals surface area contributed by atoms with Gasteiger partial charge in [0.15, 0.2) is 5.65 Å². The summed E-state index contributed by atoms with van der Waals surface area (Å²) in [4.78, 5) is 28.7. The Balaban J connectivity index is 2.85. The zero-order chi connectivity index (χ0) is 15.7. The Labute approximate surface area is 121 Å². The van der Waals surface area contributed by atoms with E-state index < -0.39 is 11.8 Å². The van der Waals surface area contributed by atoms with Crippen molar-refractivity contribution in [3.8, 4) is 0 Å². The molecule has 2 aromatic rings. The fraction of sp³-hybridized carbons (Fsp3) is 0.500. The molecular weight excluding hydrogens is 272 g/mol. The lowest BCUT2D eigenvalue weighted by molar-refractivity contribution is 0.208. The topological polar surface area (TPSA) is 89.2 Å². The Bertz CT molecular complexity index is 789. The number of fused-ring (bicyclic) bond motifs is 1. The van der Waals surface area contributed by atoms with E-state index >= 15 is 0 Å². The van der Waals surface area contributed by atoms with Crippen LogP contribution >= 0.6 is 0 Å². The highest BCUT2D eigenvalue weighted by Crippen LogP contribution is 2.22. The van der Waals surface area contributed by atoms with E-state index in [-0.39, 0.29) is 5.56 Å². The average molecular weight is 292 g/mol. The van der Waals surface area contributed by atoms with Gasteiger partial charge in [-0.05, 0) is 18.9 Å². The molecule has 0 aliphatic heterocycles. The largest absolute Gasteiger partial charge is 0.392 e. The number of rotatable bonds is 4. The van der Waals surface area contributed by atoms with Crippen LogP contribution in [-0.2, 0) is 20.5 Å². The van der Waals surface area contributed by atoms with Crippen molar-refractivity contribution in [3.05, 3.63) is 32.6 Å². The van der Waals surface area contributed by atoms with Gasteiger partial charge in [-0.3, -0.25) is 13.9 Å². The molecule has 0 bridgehead atoms. The maximum absolute atomic E-state index is 12.4. The van der Waals surface area contributed by atoms with E-state index in [0.29, 0.717) is 29.7 Å². The lowest BCUT2D eigenvalue weighted by Crippen LogP contribution is -2.38. The molecule has 0 amide bonds. The molecule has 0 aliphatic rings. The highest BCUT2D eigenvalue weighted by molar-refractivity contribution is 5.90. The first-order valence-corrected chi connectivity index (χ1v) is 6.88. The Morgan fingerprint density at radius 2 is 2.00 bits per heavy atom. The van der Waals surface area contributed by atoms with Crippen LogP contribution in [0, 0.1) is 0 Å². The third kappa shape index (κ3) is 2.56. The number of aromatic nitrogens is 3. The first-order chi connectivity index (χ1) is 9.88. The molecule has 2 rings (SSSR count). The third-order valence-electron chi connectivity index (χ3n) is 3.50. The minimum absolute atomic E-state index is 0.318. The molecule has 1 unspecified atom stereocenters. The molecule has 0 radical (unpaired) electrons. The first kappa shape index (κ1) is 15.2. The predicted octanol–water partition coefficient (Wildman–Crippen LogP) is -0.0127. The number of aryl methyl sites for hydroxylation is 2. The van der Waals surface area contributed by atoms with Crippen LogP contribution in [0.3, 0.4) is 0 Å². The van der Waals surface area contributed by atoms with Gasteiger partial charge in [-0.1, -0.05) is 6.92 Å². The van der Waals surface area contributed by atoms with Crippen LogP contribution in [0.5, 0.6) is 0 Å². The van der Waals surface area contributed by atoms with Gasteiger partial charge in [-0.25, -0.2) is 9.78 Å². The van der Waals surface area contributed by atoms with E-state index in [4.69, 9.17) is 0 Å². The van der Waals surface area contributed by atoms with Crippen molar-refractivity contribution in [2.24, 2.45) is 14.1 Å². The van der Waals surface area contributed by atoms with Crippen LogP contribution in [0.15, 0.2) is 15.8 Å². The number of anilines is 1. The summed E-state index contributed by atoms with van der Waals surface area (Å²) in [5, 5.41) is 12.9. The second-order valence-corrected chi connectivity index (χ2v) is 5.15. The number of aliphatic hydroxyl groups excluding tert-OH is 1. The number of pyridine rings is 1. The smallest absolute Gasteiger partial charge is 0.332 e. The second-order valence-electron chi connectivity index (χ2n) is 5.15. The van der Waals surface area contributed by atoms with Crippen molar-refractivity contribution in [3.63, 3.8) is 0 Å². The molecule has 0 saturated carbocycles. The molecule has 0 aromatic carbocycles. The molecule has 7 nitrogen and oxygen atoms in total. The fourth-order valence-electron chi connectivity index (χ4n) is 2.29. The van der Waals surface area contributed by atoms with E-state index in [0.717, 1.165) is 10.1 Å². The van der Waals surface area contributed by atoms with Gasteiger partial charge >= 0.3 is 5.69 Å². The highest BCUT2D eigenvalue weighted by Gasteiger charge is 2.16. The summed E-state index contributed by atoms with van der Waals surface area (Å²) in [5.74, 6) is 0. The summed E-state index contributed by atoms with van der Waals surface area (Å²) in [5.41, 5.74) is 1.06. The molecule has 0 fully saturated rings. The molecule has 114 valence electrons. The maximum atomic E-state index is 12.4. The lowest BCUT2D eigenvalue weighted by atomic mass is 10.1.